The summed E-state index contributed by atoms with van der Waals surface area (Å²) >= 11 is 5.77. The second kappa shape index (κ2) is 3.52. The molecule has 0 radical (unpaired) electrons. The second-order valence-corrected chi connectivity index (χ2v) is 4.26. The molecule has 1 N–H and O–H groups in total. The van der Waals surface area contributed by atoms with Crippen molar-refractivity contribution in [3.05, 3.63) is 34.1 Å². The van der Waals surface area contributed by atoms with Crippen LogP contribution >= 0.6 is 11.6 Å². The van der Waals surface area contributed by atoms with Crippen LogP contribution in [0.5, 0.6) is 0 Å². The van der Waals surface area contributed by atoms with Gasteiger partial charge in [0.2, 0.25) is 0 Å². The summed E-state index contributed by atoms with van der Waals surface area (Å²) in [7, 11) is 0. The average molecular weight is 215 g/mol. The van der Waals surface area contributed by atoms with Crippen molar-refractivity contribution < 1.29 is 9.50 Å². The van der Waals surface area contributed by atoms with Gasteiger partial charge < -0.3 is 5.11 Å². The normalized spacial score (nSPS) is 18.3. The molecule has 1 aliphatic carbocycles. The SMILES string of the molecule is Cc1ccc(C(O)C2CC2)c(F)c1Cl. The fraction of sp³-hybridized carbons (Fsp3) is 0.455. The predicted octanol–water partition coefficient (Wildman–Crippen LogP) is 3.23. The summed E-state index contributed by atoms with van der Waals surface area (Å²) in [6.07, 6.45) is 1.27. The van der Waals surface area contributed by atoms with Crippen molar-refractivity contribution in [3.63, 3.8) is 0 Å². The Hall–Kier alpha value is -0.600. The van der Waals surface area contributed by atoms with Gasteiger partial charge in [0, 0.05) is 5.56 Å². The van der Waals surface area contributed by atoms with Crippen LogP contribution in [0.4, 0.5) is 4.39 Å². The maximum atomic E-state index is 13.6. The first-order chi connectivity index (χ1) is 6.61. The molecule has 0 spiro atoms. The fourth-order valence-corrected chi connectivity index (χ4v) is 1.73. The highest BCUT2D eigenvalue weighted by atomic mass is 35.5. The Morgan fingerprint density at radius 3 is 2.71 bits per heavy atom. The van der Waals surface area contributed by atoms with Gasteiger partial charge in [-0.2, -0.15) is 0 Å². The Morgan fingerprint density at radius 2 is 2.14 bits per heavy atom. The summed E-state index contributed by atoms with van der Waals surface area (Å²) in [6.45, 7) is 1.75. The van der Waals surface area contributed by atoms with Gasteiger partial charge in [0.1, 0.15) is 5.82 Å². The van der Waals surface area contributed by atoms with E-state index in [0.29, 0.717) is 11.1 Å². The summed E-state index contributed by atoms with van der Waals surface area (Å²) in [5.41, 5.74) is 1.04. The highest BCUT2D eigenvalue weighted by Gasteiger charge is 2.32. The Labute approximate surface area is 87.5 Å². The quantitative estimate of drug-likeness (QED) is 0.802. The lowest BCUT2D eigenvalue weighted by atomic mass is 10.0. The molecular weight excluding hydrogens is 203 g/mol. The minimum atomic E-state index is -0.687. The van der Waals surface area contributed by atoms with E-state index in [2.05, 4.69) is 0 Å². The number of aliphatic hydroxyl groups excluding tert-OH is 1. The summed E-state index contributed by atoms with van der Waals surface area (Å²) in [6, 6.07) is 3.37. The maximum absolute atomic E-state index is 13.6. The van der Waals surface area contributed by atoms with Crippen LogP contribution in [0.3, 0.4) is 0 Å². The summed E-state index contributed by atoms with van der Waals surface area (Å²) in [5.74, 6) is -0.241. The molecule has 0 aromatic heterocycles. The van der Waals surface area contributed by atoms with Crippen LogP contribution < -0.4 is 0 Å². The van der Waals surface area contributed by atoms with Crippen molar-refractivity contribution in [2.75, 3.05) is 0 Å². The van der Waals surface area contributed by atoms with Gasteiger partial charge in [-0.25, -0.2) is 4.39 Å². The third kappa shape index (κ3) is 1.64. The van der Waals surface area contributed by atoms with Gasteiger partial charge in [0.25, 0.3) is 0 Å². The van der Waals surface area contributed by atoms with Gasteiger partial charge in [0.15, 0.2) is 0 Å². The minimum absolute atomic E-state index is 0.127. The van der Waals surface area contributed by atoms with E-state index in [-0.39, 0.29) is 10.9 Å². The van der Waals surface area contributed by atoms with E-state index in [4.69, 9.17) is 11.6 Å². The van der Waals surface area contributed by atoms with Crippen LogP contribution in [-0.4, -0.2) is 5.11 Å². The number of aliphatic hydroxyl groups is 1. The number of halogens is 2. The molecule has 1 nitrogen and oxygen atoms in total. The smallest absolute Gasteiger partial charge is 0.147 e. The summed E-state index contributed by atoms with van der Waals surface area (Å²) < 4.78 is 13.6. The standard InChI is InChI=1S/C11H12ClFO/c1-6-2-5-8(10(13)9(6)12)11(14)7-3-4-7/h2,5,7,11,14H,3-4H2,1H3. The molecule has 14 heavy (non-hydrogen) atoms. The zero-order valence-corrected chi connectivity index (χ0v) is 8.68. The average Bonchev–Trinajstić information content (AvgIpc) is 2.97. The third-order valence-corrected chi connectivity index (χ3v) is 3.16. The van der Waals surface area contributed by atoms with Gasteiger partial charge in [-0.05, 0) is 31.2 Å². The fourth-order valence-electron chi connectivity index (χ4n) is 1.56. The molecule has 1 aromatic carbocycles. The monoisotopic (exact) mass is 214 g/mol. The molecule has 0 saturated heterocycles. The van der Waals surface area contributed by atoms with Gasteiger partial charge in [-0.3, -0.25) is 0 Å². The molecule has 2 rings (SSSR count). The highest BCUT2D eigenvalue weighted by molar-refractivity contribution is 6.31. The zero-order chi connectivity index (χ0) is 10.3. The van der Waals surface area contributed by atoms with E-state index in [9.17, 15) is 9.50 Å². The lowest BCUT2D eigenvalue weighted by Crippen LogP contribution is -2.03. The number of aryl methyl sites for hydroxylation is 1. The van der Waals surface area contributed by atoms with Crippen LogP contribution in [0.25, 0.3) is 0 Å². The lowest BCUT2D eigenvalue weighted by molar-refractivity contribution is 0.149. The largest absolute Gasteiger partial charge is 0.388 e. The maximum Gasteiger partial charge on any atom is 0.147 e. The molecule has 1 aliphatic rings. The lowest BCUT2D eigenvalue weighted by Gasteiger charge is -2.12. The number of hydrogen-bond donors (Lipinski definition) is 1. The first-order valence-corrected chi connectivity index (χ1v) is 5.11. The van der Waals surface area contributed by atoms with Crippen molar-refractivity contribution in [3.8, 4) is 0 Å². The van der Waals surface area contributed by atoms with Gasteiger partial charge in [0.05, 0.1) is 11.1 Å². The molecule has 1 fully saturated rings. The van der Waals surface area contributed by atoms with Crippen LogP contribution in [0.1, 0.15) is 30.1 Å². The topological polar surface area (TPSA) is 20.2 Å². The molecular formula is C11H12ClFO. The van der Waals surface area contributed by atoms with Gasteiger partial charge in [-0.15, -0.1) is 0 Å². The van der Waals surface area contributed by atoms with Crippen molar-refractivity contribution >= 4 is 11.6 Å². The Morgan fingerprint density at radius 1 is 1.50 bits per heavy atom. The highest BCUT2D eigenvalue weighted by Crippen LogP contribution is 2.42. The van der Waals surface area contributed by atoms with E-state index in [1.165, 1.54) is 0 Å². The molecule has 0 aliphatic heterocycles. The van der Waals surface area contributed by atoms with Crippen molar-refractivity contribution in [2.45, 2.75) is 25.9 Å². The summed E-state index contributed by atoms with van der Waals surface area (Å²) in [4.78, 5) is 0. The zero-order valence-electron chi connectivity index (χ0n) is 7.93. The molecule has 1 saturated carbocycles. The molecule has 0 amide bonds. The predicted molar refractivity (Wildman–Crippen MR) is 53.8 cm³/mol. The van der Waals surface area contributed by atoms with Crippen LogP contribution in [-0.2, 0) is 0 Å². The second-order valence-electron chi connectivity index (χ2n) is 3.88. The van der Waals surface area contributed by atoms with Crippen molar-refractivity contribution in [1.82, 2.24) is 0 Å². The number of hydrogen-bond acceptors (Lipinski definition) is 1. The summed E-state index contributed by atoms with van der Waals surface area (Å²) in [5, 5.41) is 9.88. The molecule has 76 valence electrons. The van der Waals surface area contributed by atoms with Crippen molar-refractivity contribution in [2.24, 2.45) is 5.92 Å². The molecule has 1 unspecified atom stereocenters. The minimum Gasteiger partial charge on any atom is -0.388 e. The first-order valence-electron chi connectivity index (χ1n) is 4.74. The number of rotatable bonds is 2. The Bertz CT molecular complexity index is 361. The van der Waals surface area contributed by atoms with Crippen molar-refractivity contribution in [1.29, 1.82) is 0 Å². The van der Waals surface area contributed by atoms with Gasteiger partial charge in [-0.1, -0.05) is 23.7 Å². The van der Waals surface area contributed by atoms with E-state index >= 15 is 0 Å². The van der Waals surface area contributed by atoms with Crippen LogP contribution in [0.2, 0.25) is 5.02 Å². The molecule has 1 aromatic rings. The molecule has 0 bridgehead atoms. The molecule has 0 heterocycles. The van der Waals surface area contributed by atoms with Crippen LogP contribution in [0, 0.1) is 18.7 Å². The van der Waals surface area contributed by atoms with E-state index in [1.54, 1.807) is 19.1 Å². The molecule has 1 atom stereocenters. The van der Waals surface area contributed by atoms with Gasteiger partial charge >= 0.3 is 0 Å². The van der Waals surface area contributed by atoms with E-state index in [0.717, 1.165) is 12.8 Å². The Kier molecular flexibility index (Phi) is 2.50. The van der Waals surface area contributed by atoms with Crippen LogP contribution in [0.15, 0.2) is 12.1 Å². The Balaban J connectivity index is 2.38. The molecule has 3 heteroatoms. The first kappa shape index (κ1) is 9.94. The third-order valence-electron chi connectivity index (χ3n) is 2.69. The van der Waals surface area contributed by atoms with E-state index in [1.807, 2.05) is 0 Å². The number of benzene rings is 1. The van der Waals surface area contributed by atoms with E-state index < -0.39 is 11.9 Å².